The second kappa shape index (κ2) is 7.15. The molecule has 0 spiro atoms. The van der Waals surface area contributed by atoms with Gasteiger partial charge in [0.15, 0.2) is 0 Å². The van der Waals surface area contributed by atoms with Crippen molar-refractivity contribution in [2.45, 2.75) is 18.9 Å². The van der Waals surface area contributed by atoms with Crippen molar-refractivity contribution < 1.29 is 18.0 Å². The van der Waals surface area contributed by atoms with E-state index >= 15 is 0 Å². The molecule has 9 heteroatoms. The molecule has 1 amide bonds. The zero-order valence-electron chi connectivity index (χ0n) is 14.5. The number of pyridine rings is 2. The van der Waals surface area contributed by atoms with E-state index in [0.29, 0.717) is 0 Å². The summed E-state index contributed by atoms with van der Waals surface area (Å²) in [5.74, 6) is -6.56. The third-order valence-electron chi connectivity index (χ3n) is 4.13. The Morgan fingerprint density at radius 2 is 2.04 bits per heavy atom. The van der Waals surface area contributed by atoms with Crippen LogP contribution in [0.4, 0.5) is 13.2 Å². The van der Waals surface area contributed by atoms with Gasteiger partial charge >= 0.3 is 5.92 Å². The Hall–Kier alpha value is -3.67. The van der Waals surface area contributed by atoms with E-state index in [1.807, 2.05) is 6.07 Å². The zero-order chi connectivity index (χ0) is 20.5. The average Bonchev–Trinajstić information content (AvgIpc) is 2.67. The number of hydrogen-bond donors (Lipinski definition) is 2. The molecule has 0 radical (unpaired) electrons. The number of aromatic nitrogens is 2. The normalized spacial score (nSPS) is 12.4. The summed E-state index contributed by atoms with van der Waals surface area (Å²) in [5.41, 5.74) is -1.63. The summed E-state index contributed by atoms with van der Waals surface area (Å²) in [4.78, 5) is 30.4. The number of alkyl halides is 2. The molecule has 0 fully saturated rings. The van der Waals surface area contributed by atoms with Gasteiger partial charge in [-0.25, -0.2) is 4.39 Å². The lowest BCUT2D eigenvalue weighted by Gasteiger charge is -2.19. The third kappa shape index (κ3) is 3.57. The van der Waals surface area contributed by atoms with Crippen molar-refractivity contribution in [2.24, 2.45) is 0 Å². The van der Waals surface area contributed by atoms with Crippen molar-refractivity contribution >= 4 is 16.8 Å². The number of nitrogens with one attached hydrogen (secondary N) is 2. The van der Waals surface area contributed by atoms with Crippen LogP contribution >= 0.6 is 0 Å². The predicted octanol–water partition coefficient (Wildman–Crippen LogP) is 2.90. The molecule has 0 saturated carbocycles. The Labute approximate surface area is 156 Å². The minimum absolute atomic E-state index is 0.0264. The molecule has 1 aromatic carbocycles. The maximum Gasteiger partial charge on any atom is 0.355 e. The summed E-state index contributed by atoms with van der Waals surface area (Å²) in [6.07, 6.45) is 1.32. The number of carbonyl (C=O) groups excluding carboxylic acids is 1. The lowest BCUT2D eigenvalue weighted by molar-refractivity contribution is -0.147. The van der Waals surface area contributed by atoms with Gasteiger partial charge in [0.2, 0.25) is 0 Å². The minimum atomic E-state index is -4.17. The number of carbonyl (C=O) groups is 1. The van der Waals surface area contributed by atoms with Crippen molar-refractivity contribution in [3.8, 4) is 6.07 Å². The van der Waals surface area contributed by atoms with E-state index < -0.39 is 34.8 Å². The average molecular weight is 386 g/mol. The van der Waals surface area contributed by atoms with E-state index in [1.54, 1.807) is 0 Å². The molecular weight excluding hydrogens is 373 g/mol. The van der Waals surface area contributed by atoms with Crippen LogP contribution in [-0.4, -0.2) is 15.9 Å². The highest BCUT2D eigenvalue weighted by Gasteiger charge is 2.44. The number of fused-ring (bicyclic) bond motifs is 1. The van der Waals surface area contributed by atoms with E-state index in [1.165, 1.54) is 31.3 Å². The van der Waals surface area contributed by atoms with E-state index in [-0.39, 0.29) is 22.2 Å². The summed E-state index contributed by atoms with van der Waals surface area (Å²) in [6.45, 7) is 1.41. The van der Waals surface area contributed by atoms with Crippen LogP contribution in [0.3, 0.4) is 0 Å². The topological polar surface area (TPSA) is 98.6 Å². The van der Waals surface area contributed by atoms with E-state index in [2.05, 4.69) is 15.3 Å². The highest BCUT2D eigenvalue weighted by atomic mass is 19.3. The fourth-order valence-electron chi connectivity index (χ4n) is 2.65. The molecule has 3 aromatic rings. The first-order chi connectivity index (χ1) is 13.2. The number of benzene rings is 1. The summed E-state index contributed by atoms with van der Waals surface area (Å²) in [6, 6.07) is 7.81. The number of nitriles is 1. The summed E-state index contributed by atoms with van der Waals surface area (Å²) in [5, 5.41) is 11.0. The van der Waals surface area contributed by atoms with Crippen molar-refractivity contribution in [1.82, 2.24) is 15.3 Å². The van der Waals surface area contributed by atoms with E-state index in [4.69, 9.17) is 5.26 Å². The summed E-state index contributed by atoms with van der Waals surface area (Å²) in [7, 11) is 0. The standard InChI is InChI=1S/C19H13F3N4O2/c1-10(16-6-11(9-23)4-5-24-16)25-18(28)19(21,22)14-8-12-7-13(20)2-3-15(12)26-17(14)27/h2-8,10H,1H3,(H,25,28)(H,26,27)/t10-/m1/s1. The van der Waals surface area contributed by atoms with E-state index in [0.717, 1.165) is 18.2 Å². The van der Waals surface area contributed by atoms with Gasteiger partial charge in [-0.05, 0) is 43.3 Å². The Morgan fingerprint density at radius 3 is 2.75 bits per heavy atom. The molecule has 2 heterocycles. The first kappa shape index (κ1) is 19.1. The molecule has 0 saturated heterocycles. The molecule has 1 atom stereocenters. The fourth-order valence-corrected chi connectivity index (χ4v) is 2.65. The maximum atomic E-state index is 14.7. The van der Waals surface area contributed by atoms with Gasteiger partial charge in [0.05, 0.1) is 28.9 Å². The van der Waals surface area contributed by atoms with Crippen LogP contribution in [0.2, 0.25) is 0 Å². The Balaban J connectivity index is 1.92. The molecule has 2 aromatic heterocycles. The molecular formula is C19H13F3N4O2. The molecule has 0 unspecified atom stereocenters. The van der Waals surface area contributed by atoms with Gasteiger partial charge < -0.3 is 10.3 Å². The zero-order valence-corrected chi connectivity index (χ0v) is 14.5. The van der Waals surface area contributed by atoms with Gasteiger partial charge in [-0.3, -0.25) is 14.6 Å². The lowest BCUT2D eigenvalue weighted by Crippen LogP contribution is -2.42. The van der Waals surface area contributed by atoms with Crippen LogP contribution in [0.25, 0.3) is 10.9 Å². The number of rotatable bonds is 4. The molecule has 142 valence electrons. The van der Waals surface area contributed by atoms with Gasteiger partial charge in [0.1, 0.15) is 5.82 Å². The maximum absolute atomic E-state index is 14.7. The first-order valence-electron chi connectivity index (χ1n) is 8.10. The van der Waals surface area contributed by atoms with Gasteiger partial charge in [0, 0.05) is 17.1 Å². The number of H-pyrrole nitrogens is 1. The lowest BCUT2D eigenvalue weighted by atomic mass is 10.1. The van der Waals surface area contributed by atoms with Crippen molar-refractivity contribution in [2.75, 3.05) is 0 Å². The number of halogens is 3. The first-order valence-corrected chi connectivity index (χ1v) is 8.10. The Morgan fingerprint density at radius 1 is 1.29 bits per heavy atom. The molecule has 0 aliphatic rings. The van der Waals surface area contributed by atoms with Gasteiger partial charge in [-0.15, -0.1) is 0 Å². The highest BCUT2D eigenvalue weighted by Crippen LogP contribution is 2.28. The van der Waals surface area contributed by atoms with Crippen molar-refractivity contribution in [3.63, 3.8) is 0 Å². The number of hydrogen-bond acceptors (Lipinski definition) is 4. The molecule has 0 aliphatic heterocycles. The molecule has 2 N–H and O–H groups in total. The van der Waals surface area contributed by atoms with Crippen LogP contribution in [0.5, 0.6) is 0 Å². The van der Waals surface area contributed by atoms with Crippen molar-refractivity contribution in [1.29, 1.82) is 5.26 Å². The van der Waals surface area contributed by atoms with Crippen LogP contribution in [0.15, 0.2) is 47.4 Å². The minimum Gasteiger partial charge on any atom is -0.342 e. The van der Waals surface area contributed by atoms with E-state index in [9.17, 15) is 22.8 Å². The molecule has 0 bridgehead atoms. The van der Waals surface area contributed by atoms with Gasteiger partial charge in [-0.1, -0.05) is 0 Å². The van der Waals surface area contributed by atoms with Gasteiger partial charge in [0.25, 0.3) is 11.5 Å². The van der Waals surface area contributed by atoms with Crippen molar-refractivity contribution in [3.05, 3.63) is 75.6 Å². The van der Waals surface area contributed by atoms with Crippen LogP contribution in [0.1, 0.15) is 29.8 Å². The second-order valence-corrected chi connectivity index (χ2v) is 6.09. The molecule has 6 nitrogen and oxygen atoms in total. The summed E-state index contributed by atoms with van der Waals surface area (Å²) < 4.78 is 42.7. The fraction of sp³-hybridized carbons (Fsp3) is 0.158. The highest BCUT2D eigenvalue weighted by molar-refractivity contribution is 5.87. The summed E-state index contributed by atoms with van der Waals surface area (Å²) >= 11 is 0. The number of amides is 1. The Kier molecular flexibility index (Phi) is 4.88. The number of nitrogens with zero attached hydrogens (tertiary/aromatic N) is 2. The van der Waals surface area contributed by atoms with Crippen LogP contribution in [-0.2, 0) is 10.7 Å². The monoisotopic (exact) mass is 386 g/mol. The quantitative estimate of drug-likeness (QED) is 0.720. The smallest absolute Gasteiger partial charge is 0.342 e. The number of aromatic amines is 1. The largest absolute Gasteiger partial charge is 0.355 e. The van der Waals surface area contributed by atoms with Gasteiger partial charge in [-0.2, -0.15) is 14.0 Å². The molecule has 0 aliphatic carbocycles. The van der Waals surface area contributed by atoms with Crippen LogP contribution in [0, 0.1) is 17.1 Å². The molecule has 28 heavy (non-hydrogen) atoms. The molecule has 3 rings (SSSR count). The third-order valence-corrected chi connectivity index (χ3v) is 4.13. The predicted molar refractivity (Wildman–Crippen MR) is 93.9 cm³/mol. The second-order valence-electron chi connectivity index (χ2n) is 6.09. The SMILES string of the molecule is C[C@@H](NC(=O)C(F)(F)c1cc2cc(F)ccc2[nH]c1=O)c1cc(C#N)ccn1. The van der Waals surface area contributed by atoms with Crippen LogP contribution < -0.4 is 10.9 Å². The Bertz CT molecular complexity index is 1170.